The molecule has 0 fully saturated rings. The second-order valence-corrected chi connectivity index (χ2v) is 8.74. The van der Waals surface area contributed by atoms with Gasteiger partial charge in [0.2, 0.25) is 0 Å². The van der Waals surface area contributed by atoms with Crippen LogP contribution in [0.15, 0.2) is 47.4 Å². The summed E-state index contributed by atoms with van der Waals surface area (Å²) in [5.74, 6) is 0.423. The van der Waals surface area contributed by atoms with E-state index in [1.54, 1.807) is 10.8 Å². The summed E-state index contributed by atoms with van der Waals surface area (Å²) in [6, 6.07) is 11.2. The first-order chi connectivity index (χ1) is 15.2. The molecule has 32 heavy (non-hydrogen) atoms. The number of benzene rings is 1. The summed E-state index contributed by atoms with van der Waals surface area (Å²) in [7, 11) is 0. The minimum absolute atomic E-state index is 0.199. The first kappa shape index (κ1) is 23.3. The Bertz CT molecular complexity index is 1160. The van der Waals surface area contributed by atoms with E-state index in [0.717, 1.165) is 17.4 Å². The van der Waals surface area contributed by atoms with Crippen molar-refractivity contribution in [1.29, 1.82) is 0 Å². The standard InChI is InChI=1S/C25H31N3O4/c1-5-13-28-22-19(11-7-12-27-22)20(21(26)23(28)29)17-9-6-10-18(16-17)31-14-8-15-32-24(30)25(2,3)4/h6-7,9-12,16H,5,8,13-15,26H2,1-4H3. The van der Waals surface area contributed by atoms with Crippen molar-refractivity contribution in [2.75, 3.05) is 18.9 Å². The number of esters is 1. The summed E-state index contributed by atoms with van der Waals surface area (Å²) < 4.78 is 12.7. The van der Waals surface area contributed by atoms with Crippen molar-refractivity contribution >= 4 is 22.7 Å². The molecular formula is C25H31N3O4. The van der Waals surface area contributed by atoms with E-state index in [0.29, 0.717) is 43.1 Å². The maximum Gasteiger partial charge on any atom is 0.311 e. The number of anilines is 1. The van der Waals surface area contributed by atoms with Gasteiger partial charge in [0.1, 0.15) is 17.1 Å². The molecule has 7 nitrogen and oxygen atoms in total. The van der Waals surface area contributed by atoms with Gasteiger partial charge in [-0.15, -0.1) is 0 Å². The zero-order chi connectivity index (χ0) is 23.3. The summed E-state index contributed by atoms with van der Waals surface area (Å²) in [4.78, 5) is 29.2. The maximum atomic E-state index is 12.9. The third-order valence-corrected chi connectivity index (χ3v) is 5.03. The number of ether oxygens (including phenoxy) is 2. The van der Waals surface area contributed by atoms with E-state index in [-0.39, 0.29) is 17.2 Å². The van der Waals surface area contributed by atoms with Gasteiger partial charge in [0.15, 0.2) is 0 Å². The highest BCUT2D eigenvalue weighted by atomic mass is 16.5. The van der Waals surface area contributed by atoms with E-state index in [2.05, 4.69) is 4.98 Å². The van der Waals surface area contributed by atoms with Gasteiger partial charge in [-0.2, -0.15) is 0 Å². The molecule has 0 amide bonds. The Balaban J connectivity index is 1.81. The van der Waals surface area contributed by atoms with Crippen LogP contribution in [0.2, 0.25) is 0 Å². The van der Waals surface area contributed by atoms with Crippen molar-refractivity contribution in [1.82, 2.24) is 9.55 Å². The van der Waals surface area contributed by atoms with E-state index < -0.39 is 5.41 Å². The first-order valence-electron chi connectivity index (χ1n) is 10.9. The molecule has 2 aromatic heterocycles. The largest absolute Gasteiger partial charge is 0.493 e. The minimum atomic E-state index is -0.516. The Morgan fingerprint density at radius 1 is 1.16 bits per heavy atom. The highest BCUT2D eigenvalue weighted by Gasteiger charge is 2.22. The van der Waals surface area contributed by atoms with Crippen LogP contribution in [0.1, 0.15) is 40.5 Å². The van der Waals surface area contributed by atoms with Crippen LogP contribution in [0.4, 0.5) is 5.69 Å². The van der Waals surface area contributed by atoms with Gasteiger partial charge in [0.25, 0.3) is 5.56 Å². The lowest BCUT2D eigenvalue weighted by Crippen LogP contribution is -2.25. The number of nitrogens with two attached hydrogens (primary N) is 1. The normalized spacial score (nSPS) is 11.5. The number of carbonyl (C=O) groups is 1. The summed E-state index contributed by atoms with van der Waals surface area (Å²) in [5, 5.41) is 0.823. The fraction of sp³-hybridized carbons (Fsp3) is 0.400. The summed E-state index contributed by atoms with van der Waals surface area (Å²) in [6.07, 6.45) is 3.06. The van der Waals surface area contributed by atoms with Crippen molar-refractivity contribution in [2.24, 2.45) is 5.41 Å². The van der Waals surface area contributed by atoms with E-state index in [9.17, 15) is 9.59 Å². The topological polar surface area (TPSA) is 96.4 Å². The highest BCUT2D eigenvalue weighted by Crippen LogP contribution is 2.33. The van der Waals surface area contributed by atoms with Crippen molar-refractivity contribution in [3.8, 4) is 16.9 Å². The lowest BCUT2D eigenvalue weighted by molar-refractivity contribution is -0.153. The van der Waals surface area contributed by atoms with Crippen molar-refractivity contribution < 1.29 is 14.3 Å². The van der Waals surface area contributed by atoms with Gasteiger partial charge in [-0.05, 0) is 57.0 Å². The molecule has 0 saturated carbocycles. The van der Waals surface area contributed by atoms with Crippen LogP contribution in [-0.2, 0) is 16.1 Å². The molecule has 0 radical (unpaired) electrons. The number of carbonyl (C=O) groups excluding carboxylic acids is 1. The second kappa shape index (κ2) is 9.85. The number of rotatable bonds is 8. The van der Waals surface area contributed by atoms with Gasteiger partial charge in [-0.25, -0.2) is 4.98 Å². The molecule has 7 heteroatoms. The Hall–Kier alpha value is -3.35. The zero-order valence-electron chi connectivity index (χ0n) is 19.2. The smallest absolute Gasteiger partial charge is 0.311 e. The number of aryl methyl sites for hydroxylation is 1. The summed E-state index contributed by atoms with van der Waals surface area (Å²) in [6.45, 7) is 8.73. The Kier molecular flexibility index (Phi) is 7.18. The predicted molar refractivity (Wildman–Crippen MR) is 127 cm³/mol. The Labute approximate surface area is 188 Å². The average molecular weight is 438 g/mol. The van der Waals surface area contributed by atoms with Gasteiger partial charge < -0.3 is 15.2 Å². The number of fused-ring (bicyclic) bond motifs is 1. The van der Waals surface area contributed by atoms with Crippen molar-refractivity contribution in [3.63, 3.8) is 0 Å². The molecular weight excluding hydrogens is 406 g/mol. The van der Waals surface area contributed by atoms with Gasteiger partial charge in [0, 0.05) is 30.1 Å². The molecule has 2 N–H and O–H groups in total. The van der Waals surface area contributed by atoms with Crippen LogP contribution in [-0.4, -0.2) is 28.7 Å². The number of nitrogens with zero attached hydrogens (tertiary/aromatic N) is 2. The van der Waals surface area contributed by atoms with Gasteiger partial charge >= 0.3 is 5.97 Å². The molecule has 0 spiro atoms. The van der Waals surface area contributed by atoms with Crippen LogP contribution in [0.25, 0.3) is 22.2 Å². The molecule has 0 saturated heterocycles. The van der Waals surface area contributed by atoms with Crippen LogP contribution >= 0.6 is 0 Å². The summed E-state index contributed by atoms with van der Waals surface area (Å²) >= 11 is 0. The molecule has 0 unspecified atom stereocenters. The van der Waals surface area contributed by atoms with Crippen LogP contribution < -0.4 is 16.0 Å². The molecule has 0 aliphatic heterocycles. The van der Waals surface area contributed by atoms with Gasteiger partial charge in [-0.3, -0.25) is 14.2 Å². The van der Waals surface area contributed by atoms with E-state index >= 15 is 0 Å². The second-order valence-electron chi connectivity index (χ2n) is 8.74. The third-order valence-electron chi connectivity index (χ3n) is 5.03. The van der Waals surface area contributed by atoms with Crippen LogP contribution in [0.3, 0.4) is 0 Å². The average Bonchev–Trinajstić information content (AvgIpc) is 2.76. The minimum Gasteiger partial charge on any atom is -0.493 e. The molecule has 170 valence electrons. The fourth-order valence-corrected chi connectivity index (χ4v) is 3.41. The number of pyridine rings is 2. The lowest BCUT2D eigenvalue weighted by atomic mass is 9.97. The van der Waals surface area contributed by atoms with Crippen molar-refractivity contribution in [2.45, 2.75) is 47.1 Å². The fourth-order valence-electron chi connectivity index (χ4n) is 3.41. The van der Waals surface area contributed by atoms with Crippen molar-refractivity contribution in [3.05, 3.63) is 52.9 Å². The number of hydrogen-bond donors (Lipinski definition) is 1. The molecule has 3 rings (SSSR count). The Morgan fingerprint density at radius 2 is 1.94 bits per heavy atom. The monoisotopic (exact) mass is 437 g/mol. The molecule has 0 atom stereocenters. The number of aromatic nitrogens is 2. The maximum absolute atomic E-state index is 12.9. The SMILES string of the molecule is CCCn1c(=O)c(N)c(-c2cccc(OCCCOC(=O)C(C)(C)C)c2)c2cccnc21. The molecule has 1 aromatic carbocycles. The number of hydrogen-bond acceptors (Lipinski definition) is 6. The van der Waals surface area contributed by atoms with Gasteiger partial charge in [-0.1, -0.05) is 19.1 Å². The van der Waals surface area contributed by atoms with E-state index in [1.807, 2.05) is 64.1 Å². The lowest BCUT2D eigenvalue weighted by Gasteiger charge is -2.17. The van der Waals surface area contributed by atoms with Crippen LogP contribution in [0, 0.1) is 5.41 Å². The van der Waals surface area contributed by atoms with E-state index in [1.165, 1.54) is 0 Å². The third kappa shape index (κ3) is 5.10. The zero-order valence-corrected chi connectivity index (χ0v) is 19.2. The first-order valence-corrected chi connectivity index (χ1v) is 10.9. The molecule has 0 bridgehead atoms. The van der Waals surface area contributed by atoms with E-state index in [4.69, 9.17) is 15.2 Å². The molecule has 0 aliphatic rings. The molecule has 3 aromatic rings. The summed E-state index contributed by atoms with van der Waals surface area (Å²) in [5.41, 5.74) is 7.83. The molecule has 2 heterocycles. The molecule has 0 aliphatic carbocycles. The Morgan fingerprint density at radius 3 is 2.66 bits per heavy atom. The predicted octanol–water partition coefficient (Wildman–Crippen LogP) is 4.41. The van der Waals surface area contributed by atoms with Gasteiger partial charge in [0.05, 0.1) is 18.6 Å². The quantitative estimate of drug-likeness (QED) is 0.414. The highest BCUT2D eigenvalue weighted by molar-refractivity contribution is 5.99. The number of nitrogen functional groups attached to an aromatic ring is 1. The van der Waals surface area contributed by atoms with Crippen LogP contribution in [0.5, 0.6) is 5.75 Å².